The highest BCUT2D eigenvalue weighted by Gasteiger charge is 2.07. The summed E-state index contributed by atoms with van der Waals surface area (Å²) in [4.78, 5) is 19.0. The Morgan fingerprint density at radius 3 is 3.08 bits per heavy atom. The minimum atomic E-state index is -0.435. The first-order valence-electron chi connectivity index (χ1n) is 3.47. The molecule has 5 heteroatoms. The van der Waals surface area contributed by atoms with Gasteiger partial charge < -0.3 is 4.42 Å². The average Bonchev–Trinajstić information content (AvgIpc) is 2.31. The number of rotatable bonds is 0. The van der Waals surface area contributed by atoms with Gasteiger partial charge in [-0.05, 0) is 6.92 Å². The molecule has 0 N–H and O–H groups in total. The van der Waals surface area contributed by atoms with E-state index in [-0.39, 0.29) is 5.71 Å². The van der Waals surface area contributed by atoms with E-state index in [2.05, 4.69) is 9.97 Å². The van der Waals surface area contributed by atoms with Crippen LogP contribution < -0.4 is 5.76 Å². The third kappa shape index (κ3) is 0.827. The molecule has 62 valence electrons. The van der Waals surface area contributed by atoms with E-state index in [4.69, 9.17) is 4.42 Å². The van der Waals surface area contributed by atoms with Crippen LogP contribution in [-0.4, -0.2) is 14.5 Å². The molecule has 0 aliphatic carbocycles. The van der Waals surface area contributed by atoms with Crippen LogP contribution in [0.3, 0.4) is 0 Å². The second kappa shape index (κ2) is 2.17. The molecule has 2 heterocycles. The number of oxazole rings is 1. The molecule has 0 aliphatic heterocycles. The Labute approximate surface area is 67.7 Å². The topological polar surface area (TPSA) is 60.9 Å². The van der Waals surface area contributed by atoms with Crippen molar-refractivity contribution in [3.63, 3.8) is 0 Å². The van der Waals surface area contributed by atoms with Crippen molar-refractivity contribution in [3.8, 4) is 0 Å². The minimum absolute atomic E-state index is 0.285. The summed E-state index contributed by atoms with van der Waals surface area (Å²) in [5, 5.41) is 0. The zero-order chi connectivity index (χ0) is 8.72. The standard InChI is InChI=1S/C7H7N3O2/c1-4-3-8-6-5(9-4)10(2)7(11)12-6/h3H,1-2H3. The number of nitrogens with zero attached hydrogens (tertiary/aromatic N) is 3. The van der Waals surface area contributed by atoms with E-state index in [9.17, 15) is 4.79 Å². The minimum Gasteiger partial charge on any atom is -0.387 e. The van der Waals surface area contributed by atoms with Crippen molar-refractivity contribution in [1.29, 1.82) is 0 Å². The van der Waals surface area contributed by atoms with Crippen LogP contribution in [0.4, 0.5) is 0 Å². The lowest BCUT2D eigenvalue weighted by Gasteiger charge is -1.90. The van der Waals surface area contributed by atoms with E-state index < -0.39 is 5.76 Å². The van der Waals surface area contributed by atoms with Crippen LogP contribution in [0.5, 0.6) is 0 Å². The van der Waals surface area contributed by atoms with E-state index in [1.165, 1.54) is 4.57 Å². The SMILES string of the molecule is Cc1cnc2oc(=O)n(C)c2n1. The summed E-state index contributed by atoms with van der Waals surface area (Å²) < 4.78 is 6.12. The summed E-state index contributed by atoms with van der Waals surface area (Å²) in [7, 11) is 1.60. The number of hydrogen-bond acceptors (Lipinski definition) is 4. The van der Waals surface area contributed by atoms with Gasteiger partial charge >= 0.3 is 5.76 Å². The molecule has 0 amide bonds. The Morgan fingerprint density at radius 2 is 2.33 bits per heavy atom. The number of aryl methyl sites for hydroxylation is 2. The fourth-order valence-corrected chi connectivity index (χ4v) is 0.982. The van der Waals surface area contributed by atoms with Gasteiger partial charge in [-0.25, -0.2) is 14.8 Å². The second-order valence-corrected chi connectivity index (χ2v) is 2.57. The smallest absolute Gasteiger partial charge is 0.387 e. The molecule has 2 rings (SSSR count). The molecular weight excluding hydrogens is 158 g/mol. The van der Waals surface area contributed by atoms with Gasteiger partial charge in [-0.15, -0.1) is 0 Å². The summed E-state index contributed by atoms with van der Waals surface area (Å²) in [5.41, 5.74) is 1.53. The van der Waals surface area contributed by atoms with Crippen molar-refractivity contribution in [3.05, 3.63) is 22.4 Å². The van der Waals surface area contributed by atoms with E-state index in [0.717, 1.165) is 5.69 Å². The third-order valence-electron chi connectivity index (χ3n) is 1.62. The number of fused-ring (bicyclic) bond motifs is 1. The first-order chi connectivity index (χ1) is 5.68. The van der Waals surface area contributed by atoms with E-state index in [1.807, 2.05) is 6.92 Å². The maximum absolute atomic E-state index is 11.0. The first-order valence-corrected chi connectivity index (χ1v) is 3.47. The maximum atomic E-state index is 11.0. The van der Waals surface area contributed by atoms with Gasteiger partial charge in [-0.2, -0.15) is 0 Å². The summed E-state index contributed by atoms with van der Waals surface area (Å²) in [6.45, 7) is 1.81. The molecule has 0 atom stereocenters. The van der Waals surface area contributed by atoms with Crippen LogP contribution in [0.15, 0.2) is 15.4 Å². The predicted octanol–water partition coefficient (Wildman–Crippen LogP) is 0.230. The molecule has 0 radical (unpaired) electrons. The first kappa shape index (κ1) is 7.02. The average molecular weight is 165 g/mol. The van der Waals surface area contributed by atoms with Gasteiger partial charge in [-0.1, -0.05) is 0 Å². The molecule has 0 aliphatic rings. The van der Waals surface area contributed by atoms with Gasteiger partial charge in [0.05, 0.1) is 11.9 Å². The Kier molecular flexibility index (Phi) is 1.27. The van der Waals surface area contributed by atoms with Crippen molar-refractivity contribution in [2.45, 2.75) is 6.92 Å². The Hall–Kier alpha value is -1.65. The van der Waals surface area contributed by atoms with Crippen LogP contribution >= 0.6 is 0 Å². The molecule has 0 bridgehead atoms. The van der Waals surface area contributed by atoms with Crippen molar-refractivity contribution in [2.75, 3.05) is 0 Å². The molecule has 0 unspecified atom stereocenters. The van der Waals surface area contributed by atoms with Gasteiger partial charge in [0.1, 0.15) is 0 Å². The van der Waals surface area contributed by atoms with E-state index >= 15 is 0 Å². The Balaban J connectivity index is 2.98. The van der Waals surface area contributed by atoms with Gasteiger partial charge in [0, 0.05) is 7.05 Å². The van der Waals surface area contributed by atoms with Crippen LogP contribution in [0.1, 0.15) is 5.69 Å². The fourth-order valence-electron chi connectivity index (χ4n) is 0.982. The largest absolute Gasteiger partial charge is 0.422 e. The third-order valence-corrected chi connectivity index (χ3v) is 1.62. The molecule has 0 fully saturated rings. The van der Waals surface area contributed by atoms with Crippen LogP contribution in [-0.2, 0) is 7.05 Å². The highest BCUT2D eigenvalue weighted by Crippen LogP contribution is 2.04. The molecular formula is C7H7N3O2. The zero-order valence-corrected chi connectivity index (χ0v) is 6.74. The van der Waals surface area contributed by atoms with E-state index in [1.54, 1.807) is 13.2 Å². The fraction of sp³-hybridized carbons (Fsp3) is 0.286. The van der Waals surface area contributed by atoms with Gasteiger partial charge in [-0.3, -0.25) is 4.57 Å². The van der Waals surface area contributed by atoms with Crippen LogP contribution in [0.25, 0.3) is 11.4 Å². The Bertz CT molecular complexity index is 483. The van der Waals surface area contributed by atoms with Crippen molar-refractivity contribution in [1.82, 2.24) is 14.5 Å². The monoisotopic (exact) mass is 165 g/mol. The zero-order valence-electron chi connectivity index (χ0n) is 6.74. The van der Waals surface area contributed by atoms with Crippen molar-refractivity contribution in [2.24, 2.45) is 7.05 Å². The van der Waals surface area contributed by atoms with Gasteiger partial charge in [0.2, 0.25) is 5.65 Å². The van der Waals surface area contributed by atoms with Crippen LogP contribution in [0, 0.1) is 6.92 Å². The molecule has 0 saturated carbocycles. The molecule has 0 saturated heterocycles. The normalized spacial score (nSPS) is 10.8. The van der Waals surface area contributed by atoms with Gasteiger partial charge in [0.15, 0.2) is 0 Å². The van der Waals surface area contributed by atoms with Crippen LogP contribution in [0.2, 0.25) is 0 Å². The summed E-state index contributed by atoms with van der Waals surface area (Å²) >= 11 is 0. The molecule has 2 aromatic rings. The number of aromatic nitrogens is 3. The van der Waals surface area contributed by atoms with E-state index in [0.29, 0.717) is 5.65 Å². The van der Waals surface area contributed by atoms with Crippen molar-refractivity contribution < 1.29 is 4.42 Å². The lowest BCUT2D eigenvalue weighted by atomic mass is 10.5. The molecule has 12 heavy (non-hydrogen) atoms. The quantitative estimate of drug-likeness (QED) is 0.560. The number of hydrogen-bond donors (Lipinski definition) is 0. The molecule has 5 nitrogen and oxygen atoms in total. The van der Waals surface area contributed by atoms with Gasteiger partial charge in [0.25, 0.3) is 5.71 Å². The Morgan fingerprint density at radius 1 is 1.58 bits per heavy atom. The van der Waals surface area contributed by atoms with Crippen molar-refractivity contribution >= 4 is 11.4 Å². The maximum Gasteiger partial charge on any atom is 0.422 e. The summed E-state index contributed by atoms with van der Waals surface area (Å²) in [5.74, 6) is -0.435. The predicted molar refractivity (Wildman–Crippen MR) is 41.8 cm³/mol. The summed E-state index contributed by atoms with van der Waals surface area (Å²) in [6, 6.07) is 0. The lowest BCUT2D eigenvalue weighted by molar-refractivity contribution is 0.520. The second-order valence-electron chi connectivity index (χ2n) is 2.57. The molecule has 0 spiro atoms. The summed E-state index contributed by atoms with van der Waals surface area (Å²) in [6.07, 6.45) is 1.56. The molecule has 2 aromatic heterocycles. The highest BCUT2D eigenvalue weighted by molar-refractivity contribution is 5.62. The molecule has 0 aromatic carbocycles. The lowest BCUT2D eigenvalue weighted by Crippen LogP contribution is -2.09. The highest BCUT2D eigenvalue weighted by atomic mass is 16.4.